The lowest BCUT2D eigenvalue weighted by atomic mass is 10.0. The fourth-order valence-electron chi connectivity index (χ4n) is 1.84. The van der Waals surface area contributed by atoms with Gasteiger partial charge < -0.3 is 5.73 Å². The van der Waals surface area contributed by atoms with Crippen molar-refractivity contribution in [2.75, 3.05) is 0 Å². The van der Waals surface area contributed by atoms with E-state index in [0.29, 0.717) is 12.5 Å². The van der Waals surface area contributed by atoms with Gasteiger partial charge in [0.2, 0.25) is 0 Å². The molecule has 0 bridgehead atoms. The Morgan fingerprint density at radius 2 is 2.07 bits per heavy atom. The van der Waals surface area contributed by atoms with Gasteiger partial charge in [0.1, 0.15) is 0 Å². The topological polar surface area (TPSA) is 26.0 Å². The van der Waals surface area contributed by atoms with Crippen molar-refractivity contribution in [2.24, 2.45) is 5.73 Å². The summed E-state index contributed by atoms with van der Waals surface area (Å²) in [6.07, 6.45) is 0. The minimum absolute atomic E-state index is 0.593. The summed E-state index contributed by atoms with van der Waals surface area (Å²) in [5, 5.41) is 1.38. The smallest absolute Gasteiger partial charge is 0.0349 e. The zero-order valence-corrected chi connectivity index (χ0v) is 10.3. The molecule has 1 aromatic carbocycles. The van der Waals surface area contributed by atoms with Crippen LogP contribution in [0.5, 0.6) is 0 Å². The first-order valence-corrected chi connectivity index (χ1v) is 6.17. The molecule has 0 aliphatic rings. The molecule has 0 aliphatic carbocycles. The lowest BCUT2D eigenvalue weighted by Crippen LogP contribution is -1.94. The van der Waals surface area contributed by atoms with Crippen molar-refractivity contribution in [1.29, 1.82) is 0 Å². The van der Waals surface area contributed by atoms with Gasteiger partial charge in [0, 0.05) is 16.1 Å². The number of nitrogens with two attached hydrogens (primary N) is 1. The minimum atomic E-state index is 0.593. The zero-order valence-electron chi connectivity index (χ0n) is 9.50. The highest BCUT2D eigenvalue weighted by Crippen LogP contribution is 2.32. The molecule has 1 heterocycles. The van der Waals surface area contributed by atoms with Crippen LogP contribution in [-0.4, -0.2) is 0 Å². The molecule has 15 heavy (non-hydrogen) atoms. The molecular formula is C13H17NS. The van der Waals surface area contributed by atoms with E-state index in [9.17, 15) is 0 Å². The monoisotopic (exact) mass is 219 g/mol. The standard InChI is InChI=1S/C13H17NS/c1-8(2)10-4-5-12-11(6-10)9(3)13(7-14)15-12/h4-6,8H,7,14H2,1-3H3. The number of benzene rings is 1. The van der Waals surface area contributed by atoms with E-state index in [1.165, 1.54) is 26.1 Å². The van der Waals surface area contributed by atoms with Gasteiger partial charge in [0.05, 0.1) is 0 Å². The van der Waals surface area contributed by atoms with Gasteiger partial charge in [-0.25, -0.2) is 0 Å². The van der Waals surface area contributed by atoms with Crippen LogP contribution in [0.15, 0.2) is 18.2 Å². The Balaban J connectivity index is 2.65. The zero-order chi connectivity index (χ0) is 11.0. The van der Waals surface area contributed by atoms with E-state index < -0.39 is 0 Å². The Bertz CT molecular complexity index is 482. The second-order valence-corrected chi connectivity index (χ2v) is 5.40. The second-order valence-electron chi connectivity index (χ2n) is 4.26. The quantitative estimate of drug-likeness (QED) is 0.817. The summed E-state index contributed by atoms with van der Waals surface area (Å²) in [5.41, 5.74) is 8.49. The third-order valence-corrected chi connectivity index (χ3v) is 4.21. The van der Waals surface area contributed by atoms with Crippen molar-refractivity contribution >= 4 is 21.4 Å². The molecular weight excluding hydrogens is 202 g/mol. The number of aryl methyl sites for hydroxylation is 1. The number of rotatable bonds is 2. The molecule has 0 aliphatic heterocycles. The third-order valence-electron chi connectivity index (χ3n) is 2.91. The van der Waals surface area contributed by atoms with Gasteiger partial charge >= 0.3 is 0 Å². The van der Waals surface area contributed by atoms with Gasteiger partial charge in [-0.15, -0.1) is 11.3 Å². The molecule has 0 unspecified atom stereocenters. The van der Waals surface area contributed by atoms with E-state index in [-0.39, 0.29) is 0 Å². The van der Waals surface area contributed by atoms with Crippen molar-refractivity contribution in [1.82, 2.24) is 0 Å². The summed E-state index contributed by atoms with van der Waals surface area (Å²) >= 11 is 1.82. The average Bonchev–Trinajstić information content (AvgIpc) is 2.55. The molecule has 0 spiro atoms. The van der Waals surface area contributed by atoms with Gasteiger partial charge in [-0.3, -0.25) is 0 Å². The van der Waals surface area contributed by atoms with Crippen LogP contribution in [0.25, 0.3) is 10.1 Å². The largest absolute Gasteiger partial charge is 0.326 e. The van der Waals surface area contributed by atoms with Crippen molar-refractivity contribution in [2.45, 2.75) is 33.2 Å². The molecule has 1 nitrogen and oxygen atoms in total. The molecule has 2 aromatic rings. The fraction of sp³-hybridized carbons (Fsp3) is 0.385. The van der Waals surface area contributed by atoms with Gasteiger partial charge in [-0.05, 0) is 41.5 Å². The summed E-state index contributed by atoms with van der Waals surface area (Å²) in [4.78, 5) is 1.31. The molecule has 2 N–H and O–H groups in total. The SMILES string of the molecule is Cc1c(CN)sc2ccc(C(C)C)cc12. The van der Waals surface area contributed by atoms with E-state index in [0.717, 1.165) is 0 Å². The molecule has 0 saturated carbocycles. The first-order valence-electron chi connectivity index (χ1n) is 5.35. The normalized spacial score (nSPS) is 11.5. The van der Waals surface area contributed by atoms with Gasteiger partial charge in [0.25, 0.3) is 0 Å². The van der Waals surface area contributed by atoms with Crippen molar-refractivity contribution < 1.29 is 0 Å². The van der Waals surface area contributed by atoms with Crippen LogP contribution in [-0.2, 0) is 6.54 Å². The summed E-state index contributed by atoms with van der Waals surface area (Å²) in [7, 11) is 0. The van der Waals surface area contributed by atoms with Gasteiger partial charge in [-0.1, -0.05) is 19.9 Å². The first kappa shape index (κ1) is 10.7. The maximum Gasteiger partial charge on any atom is 0.0349 e. The molecule has 0 fully saturated rings. The molecule has 0 saturated heterocycles. The predicted molar refractivity (Wildman–Crippen MR) is 68.5 cm³/mol. The minimum Gasteiger partial charge on any atom is -0.326 e. The van der Waals surface area contributed by atoms with Crippen LogP contribution in [0, 0.1) is 6.92 Å². The molecule has 1 aromatic heterocycles. The molecule has 0 amide bonds. The Morgan fingerprint density at radius 1 is 1.33 bits per heavy atom. The highest BCUT2D eigenvalue weighted by molar-refractivity contribution is 7.19. The van der Waals surface area contributed by atoms with Crippen molar-refractivity contribution in [3.8, 4) is 0 Å². The Morgan fingerprint density at radius 3 is 2.67 bits per heavy atom. The second kappa shape index (κ2) is 3.95. The molecule has 0 atom stereocenters. The van der Waals surface area contributed by atoms with Crippen molar-refractivity contribution in [3.05, 3.63) is 34.2 Å². The summed E-state index contributed by atoms with van der Waals surface area (Å²) in [5.74, 6) is 0.593. The number of hydrogen-bond donors (Lipinski definition) is 1. The lowest BCUT2D eigenvalue weighted by Gasteiger charge is -2.04. The number of thiophene rings is 1. The summed E-state index contributed by atoms with van der Waals surface area (Å²) in [6.45, 7) is 7.28. The first-order chi connectivity index (χ1) is 7.13. The van der Waals surface area contributed by atoms with E-state index >= 15 is 0 Å². The van der Waals surface area contributed by atoms with Crippen LogP contribution >= 0.6 is 11.3 Å². The Hall–Kier alpha value is -0.860. The lowest BCUT2D eigenvalue weighted by molar-refractivity contribution is 0.869. The van der Waals surface area contributed by atoms with Crippen LogP contribution in [0.1, 0.15) is 35.8 Å². The van der Waals surface area contributed by atoms with Gasteiger partial charge in [0.15, 0.2) is 0 Å². The molecule has 80 valence electrons. The average molecular weight is 219 g/mol. The number of hydrogen-bond acceptors (Lipinski definition) is 2. The Kier molecular flexibility index (Phi) is 2.81. The third kappa shape index (κ3) is 1.80. The van der Waals surface area contributed by atoms with E-state index in [4.69, 9.17) is 5.73 Å². The highest BCUT2D eigenvalue weighted by Gasteiger charge is 2.08. The van der Waals surface area contributed by atoms with Crippen LogP contribution in [0.2, 0.25) is 0 Å². The maximum absolute atomic E-state index is 5.72. The summed E-state index contributed by atoms with van der Waals surface area (Å²) < 4.78 is 1.36. The van der Waals surface area contributed by atoms with Crippen LogP contribution < -0.4 is 5.73 Å². The maximum atomic E-state index is 5.72. The van der Waals surface area contributed by atoms with Crippen LogP contribution in [0.4, 0.5) is 0 Å². The van der Waals surface area contributed by atoms with Gasteiger partial charge in [-0.2, -0.15) is 0 Å². The van der Waals surface area contributed by atoms with E-state index in [1.54, 1.807) is 0 Å². The predicted octanol–water partition coefficient (Wildman–Crippen LogP) is 3.79. The van der Waals surface area contributed by atoms with E-state index in [1.807, 2.05) is 11.3 Å². The van der Waals surface area contributed by atoms with E-state index in [2.05, 4.69) is 39.0 Å². The fourth-order valence-corrected chi connectivity index (χ4v) is 2.91. The highest BCUT2D eigenvalue weighted by atomic mass is 32.1. The molecule has 2 rings (SSSR count). The molecule has 0 radical (unpaired) electrons. The summed E-state index contributed by atoms with van der Waals surface area (Å²) in [6, 6.07) is 6.76. The number of fused-ring (bicyclic) bond motifs is 1. The Labute approximate surface area is 94.9 Å². The van der Waals surface area contributed by atoms with Crippen molar-refractivity contribution in [3.63, 3.8) is 0 Å². The van der Waals surface area contributed by atoms with Crippen LogP contribution in [0.3, 0.4) is 0 Å². The molecule has 2 heteroatoms.